The number of rotatable bonds is 5. The lowest BCUT2D eigenvalue weighted by Crippen LogP contribution is -2.56. The SMILES string of the molecule is O=C(c1ccccc1F)N1CC[C@H]2[C@H](CCCN2C(=O)CCCc2ccccc2)C1. The number of likely N-dealkylation sites (tertiary alicyclic amines) is 2. The highest BCUT2D eigenvalue weighted by molar-refractivity contribution is 5.94. The van der Waals surface area contributed by atoms with Crippen LogP contribution in [-0.4, -0.2) is 47.3 Å². The minimum Gasteiger partial charge on any atom is -0.339 e. The molecule has 2 heterocycles. The molecule has 0 N–H and O–H groups in total. The van der Waals surface area contributed by atoms with Crippen LogP contribution in [0.15, 0.2) is 54.6 Å². The van der Waals surface area contributed by atoms with E-state index in [0.29, 0.717) is 19.5 Å². The van der Waals surface area contributed by atoms with Gasteiger partial charge >= 0.3 is 0 Å². The van der Waals surface area contributed by atoms with Crippen LogP contribution in [0.1, 0.15) is 48.0 Å². The highest BCUT2D eigenvalue weighted by atomic mass is 19.1. The van der Waals surface area contributed by atoms with Crippen molar-refractivity contribution in [2.24, 2.45) is 5.92 Å². The van der Waals surface area contributed by atoms with Gasteiger partial charge in [0, 0.05) is 32.1 Å². The first-order valence-corrected chi connectivity index (χ1v) is 11.0. The van der Waals surface area contributed by atoms with Gasteiger partial charge in [0.2, 0.25) is 5.91 Å². The van der Waals surface area contributed by atoms with E-state index in [9.17, 15) is 14.0 Å². The Morgan fingerprint density at radius 1 is 0.967 bits per heavy atom. The zero-order valence-electron chi connectivity index (χ0n) is 17.3. The molecule has 0 aliphatic carbocycles. The van der Waals surface area contributed by atoms with Gasteiger partial charge in [-0.05, 0) is 55.7 Å². The molecule has 5 heteroatoms. The maximum atomic E-state index is 14.0. The van der Waals surface area contributed by atoms with Crippen molar-refractivity contribution in [2.45, 2.75) is 44.6 Å². The average Bonchev–Trinajstić information content (AvgIpc) is 2.79. The fourth-order valence-electron chi connectivity index (χ4n) is 4.93. The van der Waals surface area contributed by atoms with Crippen molar-refractivity contribution in [1.29, 1.82) is 0 Å². The zero-order valence-corrected chi connectivity index (χ0v) is 17.3. The summed E-state index contributed by atoms with van der Waals surface area (Å²) in [6, 6.07) is 16.6. The summed E-state index contributed by atoms with van der Waals surface area (Å²) in [5.74, 6) is -0.197. The number of amides is 2. The molecule has 2 aliphatic rings. The molecule has 0 aromatic heterocycles. The molecule has 4 nitrogen and oxygen atoms in total. The molecule has 0 radical (unpaired) electrons. The monoisotopic (exact) mass is 408 g/mol. The fraction of sp³-hybridized carbons (Fsp3) is 0.440. The lowest BCUT2D eigenvalue weighted by molar-refractivity contribution is -0.138. The summed E-state index contributed by atoms with van der Waals surface area (Å²) < 4.78 is 14.0. The second-order valence-electron chi connectivity index (χ2n) is 8.42. The first kappa shape index (κ1) is 20.6. The molecule has 2 atom stereocenters. The number of aryl methyl sites for hydroxylation is 1. The number of hydrogen-bond acceptors (Lipinski definition) is 2. The Hall–Kier alpha value is -2.69. The minimum atomic E-state index is -0.469. The van der Waals surface area contributed by atoms with Gasteiger partial charge in [0.05, 0.1) is 5.56 Å². The van der Waals surface area contributed by atoms with Crippen LogP contribution in [0.25, 0.3) is 0 Å². The second kappa shape index (κ2) is 9.41. The Balaban J connectivity index is 1.34. The summed E-state index contributed by atoms with van der Waals surface area (Å²) in [5.41, 5.74) is 1.40. The van der Waals surface area contributed by atoms with E-state index < -0.39 is 5.82 Å². The van der Waals surface area contributed by atoms with Gasteiger partial charge < -0.3 is 9.80 Å². The Bertz CT molecular complexity index is 886. The number of nitrogens with zero attached hydrogens (tertiary/aromatic N) is 2. The molecule has 30 heavy (non-hydrogen) atoms. The van der Waals surface area contributed by atoms with Crippen molar-refractivity contribution >= 4 is 11.8 Å². The predicted molar refractivity (Wildman–Crippen MR) is 115 cm³/mol. The van der Waals surface area contributed by atoms with E-state index in [1.165, 1.54) is 11.6 Å². The molecule has 158 valence electrons. The van der Waals surface area contributed by atoms with Gasteiger partial charge in [0.15, 0.2) is 0 Å². The van der Waals surface area contributed by atoms with Gasteiger partial charge in [-0.2, -0.15) is 0 Å². The first-order chi connectivity index (χ1) is 14.6. The number of benzene rings is 2. The van der Waals surface area contributed by atoms with Crippen molar-refractivity contribution in [3.63, 3.8) is 0 Å². The van der Waals surface area contributed by atoms with E-state index in [0.717, 1.165) is 38.6 Å². The van der Waals surface area contributed by atoms with E-state index in [-0.39, 0.29) is 29.3 Å². The molecule has 2 fully saturated rings. The molecule has 0 spiro atoms. The van der Waals surface area contributed by atoms with Crippen molar-refractivity contribution < 1.29 is 14.0 Å². The van der Waals surface area contributed by atoms with Crippen LogP contribution in [0.4, 0.5) is 4.39 Å². The topological polar surface area (TPSA) is 40.6 Å². The minimum absolute atomic E-state index is 0.139. The van der Waals surface area contributed by atoms with Gasteiger partial charge in [0.1, 0.15) is 5.82 Å². The van der Waals surface area contributed by atoms with Crippen LogP contribution in [0.2, 0.25) is 0 Å². The third-order valence-electron chi connectivity index (χ3n) is 6.48. The van der Waals surface area contributed by atoms with Crippen LogP contribution >= 0.6 is 0 Å². The maximum Gasteiger partial charge on any atom is 0.256 e. The Morgan fingerprint density at radius 3 is 2.53 bits per heavy atom. The van der Waals surface area contributed by atoms with E-state index >= 15 is 0 Å². The molecule has 4 rings (SSSR count). The van der Waals surface area contributed by atoms with Crippen LogP contribution in [0.5, 0.6) is 0 Å². The molecule has 2 amide bonds. The van der Waals surface area contributed by atoms with Crippen LogP contribution < -0.4 is 0 Å². The Labute approximate surface area is 177 Å². The molecule has 2 saturated heterocycles. The summed E-state index contributed by atoms with van der Waals surface area (Å²) in [7, 11) is 0. The Kier molecular flexibility index (Phi) is 6.46. The summed E-state index contributed by atoms with van der Waals surface area (Å²) in [6.45, 7) is 1.99. The molecular formula is C25H29FN2O2. The van der Waals surface area contributed by atoms with E-state index in [4.69, 9.17) is 0 Å². The Morgan fingerprint density at radius 2 is 1.73 bits per heavy atom. The number of carbonyl (C=O) groups excluding carboxylic acids is 2. The van der Waals surface area contributed by atoms with E-state index in [2.05, 4.69) is 17.0 Å². The highest BCUT2D eigenvalue weighted by Crippen LogP contribution is 2.32. The lowest BCUT2D eigenvalue weighted by Gasteiger charge is -2.47. The van der Waals surface area contributed by atoms with E-state index in [1.807, 2.05) is 18.2 Å². The first-order valence-electron chi connectivity index (χ1n) is 11.0. The molecule has 2 aliphatic heterocycles. The van der Waals surface area contributed by atoms with Crippen LogP contribution in [-0.2, 0) is 11.2 Å². The predicted octanol–water partition coefficient (Wildman–Crippen LogP) is 4.30. The molecular weight excluding hydrogens is 379 g/mol. The van der Waals surface area contributed by atoms with Crippen molar-refractivity contribution in [2.75, 3.05) is 19.6 Å². The van der Waals surface area contributed by atoms with Gasteiger partial charge in [-0.3, -0.25) is 9.59 Å². The molecule has 0 saturated carbocycles. The number of fused-ring (bicyclic) bond motifs is 1. The van der Waals surface area contributed by atoms with Gasteiger partial charge in [0.25, 0.3) is 5.91 Å². The van der Waals surface area contributed by atoms with Gasteiger partial charge in [-0.25, -0.2) is 4.39 Å². The lowest BCUT2D eigenvalue weighted by atomic mass is 9.83. The highest BCUT2D eigenvalue weighted by Gasteiger charge is 2.39. The standard InChI is InChI=1S/C25H29FN2O2/c26-22-13-5-4-12-21(22)25(30)27-17-15-23-20(18-27)11-7-16-28(23)24(29)14-6-10-19-8-2-1-3-9-19/h1-5,8-9,12-13,20,23H,6-7,10-11,14-18H2/t20-,23+/m1/s1. The third kappa shape index (κ3) is 4.55. The van der Waals surface area contributed by atoms with Crippen LogP contribution in [0.3, 0.4) is 0 Å². The molecule has 2 aromatic carbocycles. The van der Waals surface area contributed by atoms with Gasteiger partial charge in [-0.1, -0.05) is 42.5 Å². The molecule has 0 bridgehead atoms. The van der Waals surface area contributed by atoms with Crippen molar-refractivity contribution in [1.82, 2.24) is 9.80 Å². The van der Waals surface area contributed by atoms with Gasteiger partial charge in [-0.15, -0.1) is 0 Å². The average molecular weight is 409 g/mol. The summed E-state index contributed by atoms with van der Waals surface area (Å²) in [6.07, 6.45) is 5.09. The fourth-order valence-corrected chi connectivity index (χ4v) is 4.93. The molecule has 0 unspecified atom stereocenters. The van der Waals surface area contributed by atoms with Crippen molar-refractivity contribution in [3.8, 4) is 0 Å². The number of hydrogen-bond donors (Lipinski definition) is 0. The number of carbonyl (C=O) groups is 2. The second-order valence-corrected chi connectivity index (χ2v) is 8.42. The number of halogens is 1. The smallest absolute Gasteiger partial charge is 0.256 e. The maximum absolute atomic E-state index is 14.0. The van der Waals surface area contributed by atoms with E-state index in [1.54, 1.807) is 23.1 Å². The largest absolute Gasteiger partial charge is 0.339 e. The quantitative estimate of drug-likeness (QED) is 0.740. The molecule has 2 aromatic rings. The number of piperidine rings is 2. The zero-order chi connectivity index (χ0) is 20.9. The summed E-state index contributed by atoms with van der Waals surface area (Å²) >= 11 is 0. The summed E-state index contributed by atoms with van der Waals surface area (Å²) in [4.78, 5) is 29.5. The van der Waals surface area contributed by atoms with Crippen LogP contribution in [0, 0.1) is 11.7 Å². The normalized spacial score (nSPS) is 21.2. The summed E-state index contributed by atoms with van der Waals surface area (Å²) in [5, 5.41) is 0. The third-order valence-corrected chi connectivity index (χ3v) is 6.48. The van der Waals surface area contributed by atoms with Crippen molar-refractivity contribution in [3.05, 3.63) is 71.5 Å².